The first kappa shape index (κ1) is 15.2. The molecule has 2 N–H and O–H groups in total. The number of nitrogens with zero attached hydrogens (tertiary/aromatic N) is 1. The molecule has 0 bridgehead atoms. The summed E-state index contributed by atoms with van der Waals surface area (Å²) in [6.07, 6.45) is 0. The molecule has 0 aliphatic carbocycles. The van der Waals surface area contributed by atoms with Crippen LogP contribution in [0, 0.1) is 12.7 Å². The number of anilines is 1. The van der Waals surface area contributed by atoms with Crippen LogP contribution in [0.5, 0.6) is 0 Å². The lowest BCUT2D eigenvalue weighted by molar-refractivity contribution is -0.151. The Balaban J connectivity index is 2.31. The molecule has 6 nitrogen and oxygen atoms in total. The van der Waals surface area contributed by atoms with Crippen LogP contribution in [0.25, 0.3) is 0 Å². The van der Waals surface area contributed by atoms with Gasteiger partial charge in [-0.1, -0.05) is 0 Å². The third-order valence-electron chi connectivity index (χ3n) is 3.49. The molecule has 114 valence electrons. The SMILES string of the molecule is COC(=O)C1COCCN1C(=O)c1cc(N)c(C)c(F)c1. The van der Waals surface area contributed by atoms with Crippen molar-refractivity contribution in [2.45, 2.75) is 13.0 Å². The van der Waals surface area contributed by atoms with E-state index in [1.807, 2.05) is 0 Å². The van der Waals surface area contributed by atoms with Gasteiger partial charge in [0.25, 0.3) is 5.91 Å². The smallest absolute Gasteiger partial charge is 0.331 e. The zero-order valence-electron chi connectivity index (χ0n) is 11.9. The van der Waals surface area contributed by atoms with Crippen molar-refractivity contribution < 1.29 is 23.5 Å². The molecule has 21 heavy (non-hydrogen) atoms. The fourth-order valence-electron chi connectivity index (χ4n) is 2.17. The van der Waals surface area contributed by atoms with Gasteiger partial charge in [0.05, 0.1) is 20.3 Å². The van der Waals surface area contributed by atoms with Gasteiger partial charge in [-0.05, 0) is 19.1 Å². The van der Waals surface area contributed by atoms with Crippen LogP contribution in [-0.4, -0.2) is 49.7 Å². The topological polar surface area (TPSA) is 81.9 Å². The number of esters is 1. The molecule has 1 unspecified atom stereocenters. The minimum absolute atomic E-state index is 0.0578. The monoisotopic (exact) mass is 296 g/mol. The third kappa shape index (κ3) is 2.97. The number of hydrogen-bond donors (Lipinski definition) is 1. The van der Waals surface area contributed by atoms with Gasteiger partial charge in [-0.3, -0.25) is 4.79 Å². The van der Waals surface area contributed by atoms with Gasteiger partial charge in [0.2, 0.25) is 0 Å². The van der Waals surface area contributed by atoms with Crippen LogP contribution in [0.2, 0.25) is 0 Å². The highest BCUT2D eigenvalue weighted by Crippen LogP contribution is 2.20. The molecular formula is C14H17FN2O4. The van der Waals surface area contributed by atoms with Crippen molar-refractivity contribution >= 4 is 17.6 Å². The van der Waals surface area contributed by atoms with E-state index in [4.69, 9.17) is 10.5 Å². The highest BCUT2D eigenvalue weighted by atomic mass is 19.1. The molecular weight excluding hydrogens is 279 g/mol. The van der Waals surface area contributed by atoms with Crippen LogP contribution in [-0.2, 0) is 14.3 Å². The van der Waals surface area contributed by atoms with E-state index in [1.165, 1.54) is 25.0 Å². The van der Waals surface area contributed by atoms with Crippen molar-refractivity contribution in [1.82, 2.24) is 4.90 Å². The lowest BCUT2D eigenvalue weighted by atomic mass is 10.1. The number of amides is 1. The molecule has 1 aliphatic heterocycles. The lowest BCUT2D eigenvalue weighted by Gasteiger charge is -2.33. The van der Waals surface area contributed by atoms with E-state index < -0.39 is 23.7 Å². The lowest BCUT2D eigenvalue weighted by Crippen LogP contribution is -2.53. The fraction of sp³-hybridized carbons (Fsp3) is 0.429. The van der Waals surface area contributed by atoms with Crippen LogP contribution in [0.1, 0.15) is 15.9 Å². The van der Waals surface area contributed by atoms with Crippen molar-refractivity contribution in [3.63, 3.8) is 0 Å². The first-order valence-electron chi connectivity index (χ1n) is 6.48. The van der Waals surface area contributed by atoms with Crippen molar-refractivity contribution in [2.75, 3.05) is 32.6 Å². The van der Waals surface area contributed by atoms with Crippen LogP contribution < -0.4 is 5.73 Å². The summed E-state index contributed by atoms with van der Waals surface area (Å²) in [5, 5.41) is 0. The van der Waals surface area contributed by atoms with Crippen LogP contribution in [0.4, 0.5) is 10.1 Å². The number of benzene rings is 1. The Bertz CT molecular complexity index is 553. The number of nitrogen functional groups attached to an aromatic ring is 1. The van der Waals surface area contributed by atoms with Crippen LogP contribution in [0.3, 0.4) is 0 Å². The fourth-order valence-corrected chi connectivity index (χ4v) is 2.17. The van der Waals surface area contributed by atoms with Gasteiger partial charge in [-0.2, -0.15) is 0 Å². The number of hydrogen-bond acceptors (Lipinski definition) is 5. The Kier molecular flexibility index (Phi) is 4.42. The van der Waals surface area contributed by atoms with Crippen molar-refractivity contribution in [2.24, 2.45) is 0 Å². The van der Waals surface area contributed by atoms with Gasteiger partial charge in [-0.15, -0.1) is 0 Å². The number of nitrogens with two attached hydrogens (primary N) is 1. The Labute approximate surface area is 121 Å². The second kappa shape index (κ2) is 6.09. The molecule has 7 heteroatoms. The summed E-state index contributed by atoms with van der Waals surface area (Å²) in [6, 6.07) is 1.70. The molecule has 1 heterocycles. The predicted molar refractivity (Wildman–Crippen MR) is 73.2 cm³/mol. The van der Waals surface area contributed by atoms with Gasteiger partial charge < -0.3 is 20.1 Å². The summed E-state index contributed by atoms with van der Waals surface area (Å²) in [4.78, 5) is 25.5. The summed E-state index contributed by atoms with van der Waals surface area (Å²) in [6.45, 7) is 2.13. The van der Waals surface area contributed by atoms with Gasteiger partial charge >= 0.3 is 5.97 Å². The minimum Gasteiger partial charge on any atom is -0.467 e. The zero-order valence-corrected chi connectivity index (χ0v) is 11.9. The summed E-state index contributed by atoms with van der Waals surface area (Å²) in [5.41, 5.74) is 6.27. The normalized spacial score (nSPS) is 18.4. The summed E-state index contributed by atoms with van der Waals surface area (Å²) < 4.78 is 23.6. The third-order valence-corrected chi connectivity index (χ3v) is 3.49. The minimum atomic E-state index is -0.832. The van der Waals surface area contributed by atoms with Gasteiger partial charge in [0.15, 0.2) is 6.04 Å². The molecule has 1 saturated heterocycles. The Morgan fingerprint density at radius 3 is 2.81 bits per heavy atom. The maximum atomic E-state index is 13.7. The highest BCUT2D eigenvalue weighted by Gasteiger charge is 2.34. The molecule has 0 saturated carbocycles. The quantitative estimate of drug-likeness (QED) is 0.642. The predicted octanol–water partition coefficient (Wildman–Crippen LogP) is 0.730. The molecule has 0 radical (unpaired) electrons. The van der Waals surface area contributed by atoms with Gasteiger partial charge in [0.1, 0.15) is 5.82 Å². The molecule has 1 atom stereocenters. The molecule has 1 aromatic rings. The number of ether oxygens (including phenoxy) is 2. The van der Waals surface area contributed by atoms with Crippen LogP contribution >= 0.6 is 0 Å². The molecule has 1 aliphatic rings. The second-order valence-corrected chi connectivity index (χ2v) is 4.78. The maximum absolute atomic E-state index is 13.7. The highest BCUT2D eigenvalue weighted by molar-refractivity contribution is 5.97. The van der Waals surface area contributed by atoms with Crippen molar-refractivity contribution in [1.29, 1.82) is 0 Å². The molecule has 1 amide bonds. The Hall–Kier alpha value is -2.15. The summed E-state index contributed by atoms with van der Waals surface area (Å²) in [7, 11) is 1.24. The molecule has 1 fully saturated rings. The van der Waals surface area contributed by atoms with E-state index in [2.05, 4.69) is 4.74 Å². The number of carbonyl (C=O) groups is 2. The van der Waals surface area contributed by atoms with E-state index in [1.54, 1.807) is 0 Å². The van der Waals surface area contributed by atoms with Crippen molar-refractivity contribution in [3.8, 4) is 0 Å². The molecule has 1 aromatic carbocycles. The number of halogens is 1. The molecule has 0 aromatic heterocycles. The van der Waals surface area contributed by atoms with E-state index in [0.717, 1.165) is 6.07 Å². The number of methoxy groups -OCH3 is 1. The summed E-state index contributed by atoms with van der Waals surface area (Å²) in [5.74, 6) is -1.59. The molecule has 0 spiro atoms. The average Bonchev–Trinajstić information content (AvgIpc) is 2.50. The van der Waals surface area contributed by atoms with Crippen LogP contribution in [0.15, 0.2) is 12.1 Å². The number of rotatable bonds is 2. The average molecular weight is 296 g/mol. The van der Waals surface area contributed by atoms with E-state index in [0.29, 0.717) is 6.61 Å². The number of carbonyl (C=O) groups excluding carboxylic acids is 2. The van der Waals surface area contributed by atoms with Crippen molar-refractivity contribution in [3.05, 3.63) is 29.1 Å². The maximum Gasteiger partial charge on any atom is 0.331 e. The van der Waals surface area contributed by atoms with Gasteiger partial charge in [-0.25, -0.2) is 9.18 Å². The second-order valence-electron chi connectivity index (χ2n) is 4.78. The summed E-state index contributed by atoms with van der Waals surface area (Å²) >= 11 is 0. The Morgan fingerprint density at radius 2 is 2.19 bits per heavy atom. The first-order valence-corrected chi connectivity index (χ1v) is 6.48. The standard InChI is InChI=1S/C14H17FN2O4/c1-8-10(15)5-9(6-11(8)16)13(18)17-3-4-21-7-12(17)14(19)20-2/h5-6,12H,3-4,7,16H2,1-2H3. The molecule has 2 rings (SSSR count). The van der Waals surface area contributed by atoms with E-state index in [9.17, 15) is 14.0 Å². The van der Waals surface area contributed by atoms with E-state index >= 15 is 0 Å². The first-order chi connectivity index (χ1) is 9.95. The number of morpholine rings is 1. The van der Waals surface area contributed by atoms with E-state index in [-0.39, 0.29) is 30.0 Å². The van der Waals surface area contributed by atoms with Gasteiger partial charge in [0, 0.05) is 23.4 Å². The zero-order chi connectivity index (χ0) is 15.6. The largest absolute Gasteiger partial charge is 0.467 e. The Morgan fingerprint density at radius 1 is 1.48 bits per heavy atom.